The fourth-order valence-corrected chi connectivity index (χ4v) is 1.40. The summed E-state index contributed by atoms with van der Waals surface area (Å²) in [6.07, 6.45) is -2.50. The first-order valence-electron chi connectivity index (χ1n) is 3.14. The van der Waals surface area contributed by atoms with Crippen LogP contribution >= 0.6 is 27.5 Å². The van der Waals surface area contributed by atoms with Crippen LogP contribution in [0.1, 0.15) is 17.7 Å². The van der Waals surface area contributed by atoms with E-state index in [1.54, 1.807) is 0 Å². The van der Waals surface area contributed by atoms with Crippen LogP contribution < -0.4 is 0 Å². The molecule has 1 aromatic rings. The van der Waals surface area contributed by atoms with Crippen molar-refractivity contribution >= 4 is 27.5 Å². The highest BCUT2D eigenvalue weighted by Crippen LogP contribution is 2.25. The van der Waals surface area contributed by atoms with Crippen molar-refractivity contribution in [1.82, 2.24) is 4.98 Å². The molecule has 0 aliphatic carbocycles. The van der Waals surface area contributed by atoms with Gasteiger partial charge in [0.2, 0.25) is 0 Å². The van der Waals surface area contributed by atoms with E-state index in [4.69, 9.17) is 11.6 Å². The Balaban J connectivity index is 3.03. The molecule has 0 spiro atoms. The molecule has 0 radical (unpaired) electrons. The minimum atomic E-state index is -2.50. The maximum atomic E-state index is 12.2. The molecule has 5 heteroatoms. The lowest BCUT2D eigenvalue weighted by Crippen LogP contribution is -1.92. The number of halogens is 4. The second-order valence-corrected chi connectivity index (χ2v) is 3.14. The molecule has 0 saturated carbocycles. The summed E-state index contributed by atoms with van der Waals surface area (Å²) in [6.45, 7) is 0. The van der Waals surface area contributed by atoms with E-state index in [0.717, 1.165) is 0 Å². The van der Waals surface area contributed by atoms with E-state index in [0.29, 0.717) is 5.69 Å². The minimum Gasteiger partial charge on any atom is -0.244 e. The molecule has 66 valence electrons. The first-order chi connectivity index (χ1) is 5.65. The number of alkyl halides is 3. The Hall–Kier alpha value is -0.220. The molecule has 1 rings (SSSR count). The maximum Gasteiger partial charge on any atom is 0.266 e. The van der Waals surface area contributed by atoms with E-state index in [1.165, 1.54) is 12.1 Å². The zero-order valence-electron chi connectivity index (χ0n) is 5.90. The normalized spacial score (nSPS) is 10.8. The van der Waals surface area contributed by atoms with Crippen molar-refractivity contribution in [3.05, 3.63) is 28.0 Å². The molecule has 1 nitrogen and oxygen atoms in total. The summed E-state index contributed by atoms with van der Waals surface area (Å²) in [6, 6.07) is 2.80. The van der Waals surface area contributed by atoms with E-state index in [-0.39, 0.29) is 16.0 Å². The van der Waals surface area contributed by atoms with E-state index in [2.05, 4.69) is 20.9 Å². The smallest absolute Gasteiger partial charge is 0.244 e. The van der Waals surface area contributed by atoms with Gasteiger partial charge in [0.1, 0.15) is 4.60 Å². The van der Waals surface area contributed by atoms with Crippen molar-refractivity contribution in [2.75, 3.05) is 0 Å². The Morgan fingerprint density at radius 3 is 2.58 bits per heavy atom. The summed E-state index contributed by atoms with van der Waals surface area (Å²) in [5, 5.41) is 0. The third kappa shape index (κ3) is 2.14. The second-order valence-electron chi connectivity index (χ2n) is 2.12. The molecule has 0 N–H and O–H groups in total. The van der Waals surface area contributed by atoms with Crippen LogP contribution in [0.2, 0.25) is 0 Å². The predicted octanol–water partition coefficient (Wildman–Crippen LogP) is 3.52. The van der Waals surface area contributed by atoms with Gasteiger partial charge < -0.3 is 0 Å². The Kier molecular flexibility index (Phi) is 3.40. The number of nitrogens with zero attached hydrogens (tertiary/aromatic N) is 1. The predicted molar refractivity (Wildman–Crippen MR) is 46.5 cm³/mol. The number of hydrogen-bond acceptors (Lipinski definition) is 1. The van der Waals surface area contributed by atoms with Crippen molar-refractivity contribution in [3.63, 3.8) is 0 Å². The van der Waals surface area contributed by atoms with Gasteiger partial charge in [-0.05, 0) is 28.1 Å². The van der Waals surface area contributed by atoms with Gasteiger partial charge in [-0.3, -0.25) is 0 Å². The van der Waals surface area contributed by atoms with E-state index in [9.17, 15) is 8.78 Å². The van der Waals surface area contributed by atoms with Crippen LogP contribution in [0.4, 0.5) is 8.78 Å². The fraction of sp³-hybridized carbons (Fsp3) is 0.286. The molecule has 0 atom stereocenters. The largest absolute Gasteiger partial charge is 0.266 e. The van der Waals surface area contributed by atoms with Gasteiger partial charge in [0.15, 0.2) is 0 Å². The standard InChI is InChI=1S/C7H5BrClF2N/c8-6-5(7(10)11)2-1-4(3-9)12-6/h1-2,7H,3H2. The number of aromatic nitrogens is 1. The lowest BCUT2D eigenvalue weighted by atomic mass is 10.3. The van der Waals surface area contributed by atoms with Gasteiger partial charge in [0, 0.05) is 0 Å². The monoisotopic (exact) mass is 255 g/mol. The van der Waals surface area contributed by atoms with Crippen molar-refractivity contribution in [2.24, 2.45) is 0 Å². The van der Waals surface area contributed by atoms with E-state index < -0.39 is 6.43 Å². The Morgan fingerprint density at radius 2 is 2.17 bits per heavy atom. The maximum absolute atomic E-state index is 12.2. The van der Waals surface area contributed by atoms with Crippen LogP contribution in [-0.4, -0.2) is 4.98 Å². The fourth-order valence-electron chi connectivity index (χ4n) is 0.720. The number of rotatable bonds is 2. The lowest BCUT2D eigenvalue weighted by Gasteiger charge is -2.02. The van der Waals surface area contributed by atoms with Crippen LogP contribution in [0.15, 0.2) is 16.7 Å². The highest BCUT2D eigenvalue weighted by atomic mass is 79.9. The van der Waals surface area contributed by atoms with Crippen molar-refractivity contribution < 1.29 is 8.78 Å². The second kappa shape index (κ2) is 4.14. The minimum absolute atomic E-state index is 0.108. The summed E-state index contributed by atoms with van der Waals surface area (Å²) in [4.78, 5) is 3.82. The molecular formula is C7H5BrClF2N. The van der Waals surface area contributed by atoms with Crippen LogP contribution in [0, 0.1) is 0 Å². The third-order valence-electron chi connectivity index (χ3n) is 1.31. The van der Waals surface area contributed by atoms with E-state index >= 15 is 0 Å². The molecule has 0 saturated heterocycles. The van der Waals surface area contributed by atoms with Crippen molar-refractivity contribution in [2.45, 2.75) is 12.3 Å². The molecule has 1 heterocycles. The summed E-state index contributed by atoms with van der Waals surface area (Å²) in [5.74, 6) is 0.224. The third-order valence-corrected chi connectivity index (χ3v) is 2.22. The lowest BCUT2D eigenvalue weighted by molar-refractivity contribution is 0.150. The molecule has 0 unspecified atom stereocenters. The molecule has 0 aromatic carbocycles. The first-order valence-corrected chi connectivity index (χ1v) is 4.47. The number of pyridine rings is 1. The summed E-state index contributed by atoms with van der Waals surface area (Å²) in [7, 11) is 0. The van der Waals surface area contributed by atoms with Crippen LogP contribution in [0.5, 0.6) is 0 Å². The molecule has 0 aliphatic rings. The summed E-state index contributed by atoms with van der Waals surface area (Å²) >= 11 is 8.40. The molecule has 12 heavy (non-hydrogen) atoms. The van der Waals surface area contributed by atoms with Gasteiger partial charge in [-0.1, -0.05) is 0 Å². The van der Waals surface area contributed by atoms with Crippen LogP contribution in [0.25, 0.3) is 0 Å². The topological polar surface area (TPSA) is 12.9 Å². The van der Waals surface area contributed by atoms with Crippen molar-refractivity contribution in [1.29, 1.82) is 0 Å². The molecule has 0 amide bonds. The molecule has 0 fully saturated rings. The summed E-state index contributed by atoms with van der Waals surface area (Å²) in [5.41, 5.74) is 0.469. The van der Waals surface area contributed by atoms with Gasteiger partial charge >= 0.3 is 0 Å². The van der Waals surface area contributed by atoms with Crippen LogP contribution in [-0.2, 0) is 5.88 Å². The van der Waals surface area contributed by atoms with Gasteiger partial charge in [-0.25, -0.2) is 13.8 Å². The zero-order chi connectivity index (χ0) is 9.14. The van der Waals surface area contributed by atoms with Gasteiger partial charge in [-0.15, -0.1) is 11.6 Å². The van der Waals surface area contributed by atoms with Gasteiger partial charge in [0.05, 0.1) is 17.1 Å². The zero-order valence-corrected chi connectivity index (χ0v) is 8.24. The highest BCUT2D eigenvalue weighted by Gasteiger charge is 2.12. The Bertz CT molecular complexity index is 280. The quantitative estimate of drug-likeness (QED) is 0.583. The Morgan fingerprint density at radius 1 is 1.50 bits per heavy atom. The SMILES string of the molecule is FC(F)c1ccc(CCl)nc1Br. The van der Waals surface area contributed by atoms with Gasteiger partial charge in [0.25, 0.3) is 6.43 Å². The summed E-state index contributed by atoms with van der Waals surface area (Å²) < 4.78 is 24.5. The van der Waals surface area contributed by atoms with Gasteiger partial charge in [-0.2, -0.15) is 0 Å². The average molecular weight is 256 g/mol. The molecule has 0 bridgehead atoms. The number of hydrogen-bond donors (Lipinski definition) is 0. The van der Waals surface area contributed by atoms with Crippen molar-refractivity contribution in [3.8, 4) is 0 Å². The van der Waals surface area contributed by atoms with E-state index in [1.807, 2.05) is 0 Å². The average Bonchev–Trinajstić information content (AvgIpc) is 2.03. The highest BCUT2D eigenvalue weighted by molar-refractivity contribution is 9.10. The first kappa shape index (κ1) is 9.86. The molecule has 0 aliphatic heterocycles. The molecule has 1 aromatic heterocycles. The van der Waals surface area contributed by atoms with Crippen LogP contribution in [0.3, 0.4) is 0 Å². The Labute approximate surface area is 81.9 Å². The molecular weight excluding hydrogens is 251 g/mol.